The van der Waals surface area contributed by atoms with E-state index < -0.39 is 29.5 Å². The van der Waals surface area contributed by atoms with Crippen molar-refractivity contribution < 1.29 is 19.4 Å². The smallest absolute Gasteiger partial charge is 0.321 e. The summed E-state index contributed by atoms with van der Waals surface area (Å²) in [5.41, 5.74) is 6.64. The molecule has 0 aromatic heterocycles. The Labute approximate surface area is 125 Å². The van der Waals surface area contributed by atoms with Gasteiger partial charge in [-0.25, -0.2) is 0 Å². The molecule has 21 heavy (non-hydrogen) atoms. The Morgan fingerprint density at radius 1 is 1.24 bits per heavy atom. The zero-order valence-electron chi connectivity index (χ0n) is 12.9. The number of carbonyl (C=O) groups is 2. The van der Waals surface area contributed by atoms with Crippen LogP contribution in [0.25, 0.3) is 0 Å². The summed E-state index contributed by atoms with van der Waals surface area (Å²) in [6.07, 6.45) is 0.863. The lowest BCUT2D eigenvalue weighted by Gasteiger charge is -2.26. The summed E-state index contributed by atoms with van der Waals surface area (Å²) in [7, 11) is 0. The van der Waals surface area contributed by atoms with Crippen molar-refractivity contribution >= 4 is 11.9 Å². The van der Waals surface area contributed by atoms with Gasteiger partial charge in [-0.05, 0) is 38.3 Å². The molecule has 0 heterocycles. The fourth-order valence-corrected chi connectivity index (χ4v) is 1.96. The predicted octanol–water partition coefficient (Wildman–Crippen LogP) is 2.09. The zero-order valence-corrected chi connectivity index (χ0v) is 12.9. The standard InChI is InChI=1S/C16H23NO4/c1-5-10-6-8-11(9-7-10)12(13(17)14(18)19)15(20)21-16(2,3)4/h6-9,12-13H,5,17H2,1-4H3,(H,18,19)/t12-,13-/m1/s1. The van der Waals surface area contributed by atoms with Crippen molar-refractivity contribution in [3.8, 4) is 0 Å². The number of hydrogen-bond acceptors (Lipinski definition) is 4. The molecule has 0 bridgehead atoms. The second kappa shape index (κ2) is 6.72. The number of ether oxygens (including phenoxy) is 1. The van der Waals surface area contributed by atoms with Crippen LogP contribution in [-0.4, -0.2) is 28.7 Å². The molecule has 0 aliphatic carbocycles. The maximum atomic E-state index is 12.3. The van der Waals surface area contributed by atoms with E-state index in [4.69, 9.17) is 15.6 Å². The molecular formula is C16H23NO4. The Morgan fingerprint density at radius 2 is 1.76 bits per heavy atom. The summed E-state index contributed by atoms with van der Waals surface area (Å²) < 4.78 is 5.30. The minimum absolute atomic E-state index is 0.552. The average Bonchev–Trinajstić information content (AvgIpc) is 2.37. The van der Waals surface area contributed by atoms with E-state index in [1.807, 2.05) is 19.1 Å². The molecule has 1 rings (SSSR count). The number of hydrogen-bond donors (Lipinski definition) is 2. The second-order valence-electron chi connectivity index (χ2n) is 5.97. The highest BCUT2D eigenvalue weighted by molar-refractivity contribution is 5.87. The van der Waals surface area contributed by atoms with Crippen LogP contribution in [0.15, 0.2) is 24.3 Å². The van der Waals surface area contributed by atoms with Crippen LogP contribution in [0.5, 0.6) is 0 Å². The van der Waals surface area contributed by atoms with E-state index in [1.165, 1.54) is 0 Å². The molecule has 5 heteroatoms. The molecule has 1 aromatic carbocycles. The molecule has 0 fully saturated rings. The number of esters is 1. The molecule has 116 valence electrons. The molecule has 3 N–H and O–H groups in total. The number of carboxylic acids is 1. The number of carbonyl (C=O) groups excluding carboxylic acids is 1. The van der Waals surface area contributed by atoms with E-state index in [-0.39, 0.29) is 0 Å². The van der Waals surface area contributed by atoms with Crippen LogP contribution in [-0.2, 0) is 20.7 Å². The van der Waals surface area contributed by atoms with Crippen molar-refractivity contribution in [2.24, 2.45) is 5.73 Å². The summed E-state index contributed by atoms with van der Waals surface area (Å²) in [6.45, 7) is 7.21. The number of rotatable bonds is 5. The molecule has 1 aromatic rings. The van der Waals surface area contributed by atoms with Crippen molar-refractivity contribution in [3.05, 3.63) is 35.4 Å². The van der Waals surface area contributed by atoms with Crippen LogP contribution in [0, 0.1) is 0 Å². The first-order valence-corrected chi connectivity index (χ1v) is 6.95. The Bertz CT molecular complexity index is 502. The third kappa shape index (κ3) is 4.86. The van der Waals surface area contributed by atoms with Gasteiger partial charge in [0.1, 0.15) is 17.6 Å². The molecule has 0 amide bonds. The molecule has 0 unspecified atom stereocenters. The van der Waals surface area contributed by atoms with Crippen molar-refractivity contribution in [1.82, 2.24) is 0 Å². The topological polar surface area (TPSA) is 89.6 Å². The molecule has 2 atom stereocenters. The lowest BCUT2D eigenvalue weighted by molar-refractivity contribution is -0.160. The quantitative estimate of drug-likeness (QED) is 0.811. The third-order valence-electron chi connectivity index (χ3n) is 3.05. The van der Waals surface area contributed by atoms with E-state index in [0.29, 0.717) is 5.56 Å². The largest absolute Gasteiger partial charge is 0.480 e. The Balaban J connectivity index is 3.12. The number of carboxylic acid groups (broad SMARTS) is 1. The molecule has 0 radical (unpaired) electrons. The molecule has 0 spiro atoms. The van der Waals surface area contributed by atoms with Crippen molar-refractivity contribution in [2.75, 3.05) is 0 Å². The van der Waals surface area contributed by atoms with Gasteiger partial charge in [0.2, 0.25) is 0 Å². The van der Waals surface area contributed by atoms with Gasteiger partial charge >= 0.3 is 11.9 Å². The molecule has 0 saturated heterocycles. The van der Waals surface area contributed by atoms with Crippen molar-refractivity contribution in [2.45, 2.75) is 51.7 Å². The molecule has 0 aliphatic rings. The molecule has 5 nitrogen and oxygen atoms in total. The maximum absolute atomic E-state index is 12.3. The fourth-order valence-electron chi connectivity index (χ4n) is 1.96. The molecule has 0 aliphatic heterocycles. The summed E-state index contributed by atoms with van der Waals surface area (Å²) in [5, 5.41) is 9.13. The van der Waals surface area contributed by atoms with Crippen LogP contribution in [0.1, 0.15) is 44.7 Å². The summed E-state index contributed by atoms with van der Waals surface area (Å²) >= 11 is 0. The Morgan fingerprint density at radius 3 is 2.14 bits per heavy atom. The minimum Gasteiger partial charge on any atom is -0.480 e. The maximum Gasteiger partial charge on any atom is 0.321 e. The third-order valence-corrected chi connectivity index (χ3v) is 3.05. The Kier molecular flexibility index (Phi) is 5.49. The predicted molar refractivity (Wildman–Crippen MR) is 80.0 cm³/mol. The van der Waals surface area contributed by atoms with Gasteiger partial charge in [-0.1, -0.05) is 31.2 Å². The van der Waals surface area contributed by atoms with Gasteiger partial charge in [0.15, 0.2) is 0 Å². The number of aryl methyl sites for hydroxylation is 1. The number of nitrogens with two attached hydrogens (primary N) is 1. The molecular weight excluding hydrogens is 270 g/mol. The SMILES string of the molecule is CCc1ccc([C@@H](C(=O)OC(C)(C)C)[C@@H](N)C(=O)O)cc1. The average molecular weight is 293 g/mol. The summed E-state index contributed by atoms with van der Waals surface area (Å²) in [4.78, 5) is 23.5. The van der Waals surface area contributed by atoms with Crippen LogP contribution < -0.4 is 5.73 Å². The molecule has 0 saturated carbocycles. The highest BCUT2D eigenvalue weighted by Crippen LogP contribution is 2.24. The van der Waals surface area contributed by atoms with Gasteiger partial charge in [-0.15, -0.1) is 0 Å². The van der Waals surface area contributed by atoms with E-state index in [0.717, 1.165) is 12.0 Å². The van der Waals surface area contributed by atoms with Crippen LogP contribution in [0.3, 0.4) is 0 Å². The summed E-state index contributed by atoms with van der Waals surface area (Å²) in [6, 6.07) is 5.85. The number of aliphatic carboxylic acids is 1. The van der Waals surface area contributed by atoms with Crippen LogP contribution >= 0.6 is 0 Å². The zero-order chi connectivity index (χ0) is 16.2. The highest BCUT2D eigenvalue weighted by Gasteiger charge is 2.35. The van der Waals surface area contributed by atoms with Crippen molar-refractivity contribution in [1.29, 1.82) is 0 Å². The van der Waals surface area contributed by atoms with E-state index in [1.54, 1.807) is 32.9 Å². The monoisotopic (exact) mass is 293 g/mol. The van der Waals surface area contributed by atoms with Gasteiger partial charge in [0.25, 0.3) is 0 Å². The highest BCUT2D eigenvalue weighted by atomic mass is 16.6. The second-order valence-corrected chi connectivity index (χ2v) is 5.97. The van der Waals surface area contributed by atoms with E-state index in [9.17, 15) is 9.59 Å². The lowest BCUT2D eigenvalue weighted by Crippen LogP contribution is -2.42. The van der Waals surface area contributed by atoms with Gasteiger partial charge in [-0.2, -0.15) is 0 Å². The first-order valence-electron chi connectivity index (χ1n) is 6.95. The first-order chi connectivity index (χ1) is 9.65. The van der Waals surface area contributed by atoms with Gasteiger partial charge in [-0.3, -0.25) is 9.59 Å². The van der Waals surface area contributed by atoms with Crippen LogP contribution in [0.4, 0.5) is 0 Å². The van der Waals surface area contributed by atoms with Gasteiger partial charge in [0.05, 0.1) is 0 Å². The normalized spacial score (nSPS) is 14.3. The fraction of sp³-hybridized carbons (Fsp3) is 0.500. The van der Waals surface area contributed by atoms with E-state index >= 15 is 0 Å². The van der Waals surface area contributed by atoms with Crippen molar-refractivity contribution in [3.63, 3.8) is 0 Å². The van der Waals surface area contributed by atoms with Crippen LogP contribution in [0.2, 0.25) is 0 Å². The van der Waals surface area contributed by atoms with Gasteiger partial charge < -0.3 is 15.6 Å². The Hall–Kier alpha value is -1.88. The van der Waals surface area contributed by atoms with Gasteiger partial charge in [0, 0.05) is 0 Å². The van der Waals surface area contributed by atoms with E-state index in [2.05, 4.69) is 0 Å². The first kappa shape index (κ1) is 17.2. The summed E-state index contributed by atoms with van der Waals surface area (Å²) in [5.74, 6) is -2.88. The minimum atomic E-state index is -1.34. The lowest BCUT2D eigenvalue weighted by atomic mass is 9.91. The number of benzene rings is 1.